The average Bonchev–Trinajstić information content (AvgIpc) is 3.13. The third kappa shape index (κ3) is 2.40. The minimum Gasteiger partial charge on any atom is -0.382 e. The zero-order chi connectivity index (χ0) is 12.4. The highest BCUT2D eigenvalue weighted by molar-refractivity contribution is 5.78. The van der Waals surface area contributed by atoms with E-state index in [2.05, 4.69) is 33.3 Å². The van der Waals surface area contributed by atoms with Crippen molar-refractivity contribution in [3.8, 4) is 0 Å². The number of benzene rings is 1. The second kappa shape index (κ2) is 5.08. The quantitative estimate of drug-likeness (QED) is 0.845. The molecule has 1 fully saturated rings. The number of rotatable bonds is 6. The molecule has 0 aliphatic heterocycles. The molecule has 1 atom stereocenters. The molecule has 1 aliphatic rings. The van der Waals surface area contributed by atoms with Crippen LogP contribution in [0.2, 0.25) is 0 Å². The second-order valence-electron chi connectivity index (χ2n) is 4.94. The Bertz CT molecular complexity index is 518. The summed E-state index contributed by atoms with van der Waals surface area (Å²) < 4.78 is 7.41. The van der Waals surface area contributed by atoms with Crippen molar-refractivity contribution in [1.29, 1.82) is 0 Å². The van der Waals surface area contributed by atoms with Crippen LogP contribution in [-0.4, -0.2) is 36.1 Å². The highest BCUT2D eigenvalue weighted by Crippen LogP contribution is 2.21. The van der Waals surface area contributed by atoms with Crippen LogP contribution in [0.1, 0.15) is 18.9 Å². The third-order valence-corrected chi connectivity index (χ3v) is 3.43. The maximum atomic E-state index is 5.33. The van der Waals surface area contributed by atoms with Gasteiger partial charge in [-0.3, -0.25) is 4.68 Å². The van der Waals surface area contributed by atoms with Crippen LogP contribution in [0.5, 0.6) is 0 Å². The molecular formula is C14H19N3O. The molecule has 1 aromatic heterocycles. The van der Waals surface area contributed by atoms with Crippen molar-refractivity contribution in [2.75, 3.05) is 20.3 Å². The van der Waals surface area contributed by atoms with Gasteiger partial charge in [0.05, 0.1) is 24.4 Å². The van der Waals surface area contributed by atoms with E-state index in [0.29, 0.717) is 12.6 Å². The number of hydrogen-bond donors (Lipinski definition) is 1. The fourth-order valence-electron chi connectivity index (χ4n) is 2.28. The monoisotopic (exact) mass is 245 g/mol. The molecule has 0 radical (unpaired) electrons. The topological polar surface area (TPSA) is 39.1 Å². The molecule has 1 aromatic carbocycles. The van der Waals surface area contributed by atoms with E-state index in [0.717, 1.165) is 6.54 Å². The zero-order valence-corrected chi connectivity index (χ0v) is 10.7. The molecule has 2 aromatic rings. The van der Waals surface area contributed by atoms with Crippen molar-refractivity contribution < 1.29 is 4.74 Å². The number of aromatic nitrogens is 2. The lowest BCUT2D eigenvalue weighted by molar-refractivity contribution is 0.150. The van der Waals surface area contributed by atoms with Crippen LogP contribution in [0.3, 0.4) is 0 Å². The molecule has 0 spiro atoms. The van der Waals surface area contributed by atoms with E-state index in [9.17, 15) is 0 Å². The van der Waals surface area contributed by atoms with Gasteiger partial charge in [-0.15, -0.1) is 0 Å². The SMILES string of the molecule is COCC(CNC1CC1)n1ncc2ccccc21. The summed E-state index contributed by atoms with van der Waals surface area (Å²) in [6.07, 6.45) is 4.54. The molecule has 18 heavy (non-hydrogen) atoms. The van der Waals surface area contributed by atoms with Crippen LogP contribution < -0.4 is 5.32 Å². The Morgan fingerprint density at radius 1 is 1.44 bits per heavy atom. The van der Waals surface area contributed by atoms with Gasteiger partial charge in [0, 0.05) is 25.1 Å². The molecule has 4 heteroatoms. The highest BCUT2D eigenvalue weighted by Gasteiger charge is 2.23. The lowest BCUT2D eigenvalue weighted by atomic mass is 10.2. The number of ether oxygens (including phenoxy) is 1. The van der Waals surface area contributed by atoms with Gasteiger partial charge in [0.1, 0.15) is 0 Å². The van der Waals surface area contributed by atoms with Gasteiger partial charge in [-0.2, -0.15) is 5.10 Å². The molecule has 1 heterocycles. The number of hydrogen-bond acceptors (Lipinski definition) is 3. The fourth-order valence-corrected chi connectivity index (χ4v) is 2.28. The molecule has 1 unspecified atom stereocenters. The Kier molecular flexibility index (Phi) is 3.30. The first kappa shape index (κ1) is 11.7. The Hall–Kier alpha value is -1.39. The maximum absolute atomic E-state index is 5.33. The van der Waals surface area contributed by atoms with E-state index in [1.807, 2.05) is 12.3 Å². The molecule has 0 saturated heterocycles. The Morgan fingerprint density at radius 2 is 2.28 bits per heavy atom. The molecule has 3 rings (SSSR count). The van der Waals surface area contributed by atoms with E-state index in [4.69, 9.17) is 4.74 Å². The fraction of sp³-hybridized carbons (Fsp3) is 0.500. The molecular weight excluding hydrogens is 226 g/mol. The first-order valence-electron chi connectivity index (χ1n) is 6.53. The molecule has 4 nitrogen and oxygen atoms in total. The van der Waals surface area contributed by atoms with Gasteiger partial charge >= 0.3 is 0 Å². The van der Waals surface area contributed by atoms with Crippen LogP contribution in [0.25, 0.3) is 10.9 Å². The number of methoxy groups -OCH3 is 1. The Morgan fingerprint density at radius 3 is 3.06 bits per heavy atom. The van der Waals surface area contributed by atoms with Crippen LogP contribution >= 0.6 is 0 Å². The van der Waals surface area contributed by atoms with Crippen molar-refractivity contribution in [2.45, 2.75) is 24.9 Å². The number of nitrogens with zero attached hydrogens (tertiary/aromatic N) is 2. The van der Waals surface area contributed by atoms with Gasteiger partial charge in [0.2, 0.25) is 0 Å². The molecule has 0 bridgehead atoms. The van der Waals surface area contributed by atoms with E-state index in [1.54, 1.807) is 7.11 Å². The summed E-state index contributed by atoms with van der Waals surface area (Å²) in [5, 5.41) is 9.25. The van der Waals surface area contributed by atoms with Crippen molar-refractivity contribution in [2.24, 2.45) is 0 Å². The van der Waals surface area contributed by atoms with E-state index >= 15 is 0 Å². The standard InChI is InChI=1S/C14H19N3O/c1-18-10-13(9-15-12-6-7-12)17-14-5-3-2-4-11(14)8-16-17/h2-5,8,12-13,15H,6-7,9-10H2,1H3. The molecule has 1 aliphatic carbocycles. The van der Waals surface area contributed by atoms with Gasteiger partial charge < -0.3 is 10.1 Å². The summed E-state index contributed by atoms with van der Waals surface area (Å²) in [4.78, 5) is 0. The zero-order valence-electron chi connectivity index (χ0n) is 10.7. The Balaban J connectivity index is 1.82. The first-order chi connectivity index (χ1) is 8.88. The number of fused-ring (bicyclic) bond motifs is 1. The normalized spacial score (nSPS) is 17.2. The van der Waals surface area contributed by atoms with Crippen molar-refractivity contribution in [3.05, 3.63) is 30.5 Å². The average molecular weight is 245 g/mol. The predicted molar refractivity (Wildman–Crippen MR) is 71.7 cm³/mol. The van der Waals surface area contributed by atoms with Crippen molar-refractivity contribution in [1.82, 2.24) is 15.1 Å². The Labute approximate surface area is 107 Å². The number of para-hydroxylation sites is 1. The number of nitrogens with one attached hydrogen (secondary N) is 1. The first-order valence-corrected chi connectivity index (χ1v) is 6.53. The summed E-state index contributed by atoms with van der Waals surface area (Å²) in [5.41, 5.74) is 1.18. The van der Waals surface area contributed by atoms with Gasteiger partial charge in [-0.25, -0.2) is 0 Å². The lowest BCUT2D eigenvalue weighted by Crippen LogP contribution is -2.30. The summed E-state index contributed by atoms with van der Waals surface area (Å²) in [6, 6.07) is 9.28. The predicted octanol–water partition coefficient (Wildman–Crippen LogP) is 1.98. The lowest BCUT2D eigenvalue weighted by Gasteiger charge is -2.18. The van der Waals surface area contributed by atoms with Gasteiger partial charge in [-0.1, -0.05) is 18.2 Å². The largest absolute Gasteiger partial charge is 0.382 e. The van der Waals surface area contributed by atoms with Gasteiger partial charge in [0.15, 0.2) is 0 Å². The molecule has 1 saturated carbocycles. The van der Waals surface area contributed by atoms with Crippen LogP contribution in [-0.2, 0) is 4.74 Å². The summed E-state index contributed by atoms with van der Waals surface area (Å²) in [5.74, 6) is 0. The van der Waals surface area contributed by atoms with Crippen molar-refractivity contribution in [3.63, 3.8) is 0 Å². The second-order valence-corrected chi connectivity index (χ2v) is 4.94. The minimum atomic E-state index is 0.260. The van der Waals surface area contributed by atoms with E-state index < -0.39 is 0 Å². The third-order valence-electron chi connectivity index (χ3n) is 3.43. The van der Waals surface area contributed by atoms with Crippen molar-refractivity contribution >= 4 is 10.9 Å². The molecule has 0 amide bonds. The van der Waals surface area contributed by atoms with E-state index in [-0.39, 0.29) is 6.04 Å². The van der Waals surface area contributed by atoms with E-state index in [1.165, 1.54) is 23.7 Å². The van der Waals surface area contributed by atoms with Crippen LogP contribution in [0.4, 0.5) is 0 Å². The van der Waals surface area contributed by atoms with Gasteiger partial charge in [-0.05, 0) is 18.9 Å². The smallest absolute Gasteiger partial charge is 0.0883 e. The summed E-state index contributed by atoms with van der Waals surface area (Å²) in [6.45, 7) is 1.61. The summed E-state index contributed by atoms with van der Waals surface area (Å²) in [7, 11) is 1.75. The van der Waals surface area contributed by atoms with Crippen LogP contribution in [0, 0.1) is 0 Å². The van der Waals surface area contributed by atoms with Gasteiger partial charge in [0.25, 0.3) is 0 Å². The van der Waals surface area contributed by atoms with Crippen LogP contribution in [0.15, 0.2) is 30.5 Å². The highest BCUT2D eigenvalue weighted by atomic mass is 16.5. The minimum absolute atomic E-state index is 0.260. The maximum Gasteiger partial charge on any atom is 0.0883 e. The molecule has 96 valence electrons. The molecule has 1 N–H and O–H groups in total. The summed E-state index contributed by atoms with van der Waals surface area (Å²) >= 11 is 0.